The van der Waals surface area contributed by atoms with E-state index in [4.69, 9.17) is 4.74 Å². The molecule has 1 heterocycles. The van der Waals surface area contributed by atoms with E-state index < -0.39 is 0 Å². The molecule has 26 heavy (non-hydrogen) atoms. The Bertz CT molecular complexity index is 656. The Balaban J connectivity index is 1.52. The number of piperidine rings is 1. The van der Waals surface area contributed by atoms with Crippen LogP contribution in [0.5, 0.6) is 5.75 Å². The van der Waals surface area contributed by atoms with Crippen molar-refractivity contribution in [2.75, 3.05) is 40.3 Å². The van der Waals surface area contributed by atoms with Crippen LogP contribution in [0.2, 0.25) is 0 Å². The monoisotopic (exact) mass is 352 g/mol. The summed E-state index contributed by atoms with van der Waals surface area (Å²) >= 11 is 0. The summed E-state index contributed by atoms with van der Waals surface area (Å²) in [6.07, 6.45) is 3.64. The zero-order chi connectivity index (χ0) is 18.2. The lowest BCUT2D eigenvalue weighted by molar-refractivity contribution is 0.200. The van der Waals surface area contributed by atoms with Gasteiger partial charge in [0.2, 0.25) is 0 Å². The Morgan fingerprint density at radius 1 is 1.08 bits per heavy atom. The van der Waals surface area contributed by atoms with Crippen LogP contribution in [0.4, 0.5) is 0 Å². The number of benzene rings is 2. The highest BCUT2D eigenvalue weighted by molar-refractivity contribution is 5.28. The number of hydrogen-bond acceptors (Lipinski definition) is 3. The molecule has 1 saturated heterocycles. The molecular weight excluding hydrogens is 320 g/mol. The van der Waals surface area contributed by atoms with Gasteiger partial charge in [0.1, 0.15) is 5.75 Å². The van der Waals surface area contributed by atoms with E-state index in [0.717, 1.165) is 38.4 Å². The molecule has 140 valence electrons. The van der Waals surface area contributed by atoms with Gasteiger partial charge in [-0.3, -0.25) is 4.90 Å². The van der Waals surface area contributed by atoms with E-state index in [2.05, 4.69) is 78.5 Å². The van der Waals surface area contributed by atoms with E-state index >= 15 is 0 Å². The molecule has 0 amide bonds. The standard InChI is InChI=1S/C23H32N2O/c1-24(2)14-8-16-26-23-13-6-9-20(17-23)18-25-15-7-12-22(19-25)21-10-4-3-5-11-21/h3-6,9-11,13,17,22H,7-8,12,14-16,18-19H2,1-2H3/t22-/m0/s1. The van der Waals surface area contributed by atoms with E-state index in [9.17, 15) is 0 Å². The fourth-order valence-corrected chi connectivity index (χ4v) is 3.76. The quantitative estimate of drug-likeness (QED) is 0.655. The van der Waals surface area contributed by atoms with E-state index in [-0.39, 0.29) is 0 Å². The highest BCUT2D eigenvalue weighted by Crippen LogP contribution is 2.28. The van der Waals surface area contributed by atoms with Crippen molar-refractivity contribution in [3.05, 3.63) is 65.7 Å². The average Bonchev–Trinajstić information content (AvgIpc) is 2.66. The molecule has 0 spiro atoms. The van der Waals surface area contributed by atoms with Crippen molar-refractivity contribution < 1.29 is 4.74 Å². The first-order chi connectivity index (χ1) is 12.7. The SMILES string of the molecule is CN(C)CCCOc1cccc(CN2CCC[C@H](c3ccccc3)C2)c1. The molecule has 0 N–H and O–H groups in total. The van der Waals surface area contributed by atoms with Crippen LogP contribution in [-0.4, -0.2) is 50.1 Å². The number of likely N-dealkylation sites (tertiary alicyclic amines) is 1. The van der Waals surface area contributed by atoms with Crippen LogP contribution in [0.1, 0.15) is 36.3 Å². The summed E-state index contributed by atoms with van der Waals surface area (Å²) in [5.41, 5.74) is 2.83. The molecule has 1 atom stereocenters. The fourth-order valence-electron chi connectivity index (χ4n) is 3.76. The minimum Gasteiger partial charge on any atom is -0.494 e. The second-order valence-corrected chi connectivity index (χ2v) is 7.64. The largest absolute Gasteiger partial charge is 0.494 e. The molecule has 0 saturated carbocycles. The van der Waals surface area contributed by atoms with Crippen molar-refractivity contribution in [1.29, 1.82) is 0 Å². The minimum atomic E-state index is 0.662. The lowest BCUT2D eigenvalue weighted by atomic mass is 9.90. The van der Waals surface area contributed by atoms with Crippen LogP contribution in [-0.2, 0) is 6.54 Å². The van der Waals surface area contributed by atoms with Crippen molar-refractivity contribution in [3.63, 3.8) is 0 Å². The third-order valence-corrected chi connectivity index (χ3v) is 5.10. The first-order valence-corrected chi connectivity index (χ1v) is 9.84. The molecule has 0 unspecified atom stereocenters. The molecule has 0 aromatic heterocycles. The van der Waals surface area contributed by atoms with Gasteiger partial charge < -0.3 is 9.64 Å². The third kappa shape index (κ3) is 5.86. The Hall–Kier alpha value is -1.84. The van der Waals surface area contributed by atoms with Crippen LogP contribution < -0.4 is 4.74 Å². The minimum absolute atomic E-state index is 0.662. The lowest BCUT2D eigenvalue weighted by Gasteiger charge is -2.33. The highest BCUT2D eigenvalue weighted by atomic mass is 16.5. The van der Waals surface area contributed by atoms with Crippen LogP contribution in [0, 0.1) is 0 Å². The maximum Gasteiger partial charge on any atom is 0.119 e. The zero-order valence-electron chi connectivity index (χ0n) is 16.2. The van der Waals surface area contributed by atoms with E-state index in [1.54, 1.807) is 0 Å². The van der Waals surface area contributed by atoms with Crippen LogP contribution >= 0.6 is 0 Å². The summed E-state index contributed by atoms with van der Waals surface area (Å²) < 4.78 is 5.93. The average molecular weight is 353 g/mol. The van der Waals surface area contributed by atoms with Gasteiger partial charge in [0.25, 0.3) is 0 Å². The molecule has 1 aliphatic heterocycles. The summed E-state index contributed by atoms with van der Waals surface area (Å²) in [6.45, 7) is 5.20. The summed E-state index contributed by atoms with van der Waals surface area (Å²) in [5, 5.41) is 0. The number of nitrogens with zero attached hydrogens (tertiary/aromatic N) is 2. The molecular formula is C23H32N2O. The van der Waals surface area contributed by atoms with E-state index in [1.165, 1.54) is 30.5 Å². The second-order valence-electron chi connectivity index (χ2n) is 7.64. The lowest BCUT2D eigenvalue weighted by Crippen LogP contribution is -2.33. The molecule has 3 rings (SSSR count). The number of hydrogen-bond donors (Lipinski definition) is 0. The van der Waals surface area contributed by atoms with E-state index in [0.29, 0.717) is 5.92 Å². The Morgan fingerprint density at radius 2 is 1.92 bits per heavy atom. The fraction of sp³-hybridized carbons (Fsp3) is 0.478. The van der Waals surface area contributed by atoms with Gasteiger partial charge >= 0.3 is 0 Å². The maximum atomic E-state index is 5.93. The topological polar surface area (TPSA) is 15.7 Å². The summed E-state index contributed by atoms with van der Waals surface area (Å²) in [4.78, 5) is 4.78. The molecule has 3 nitrogen and oxygen atoms in total. The molecule has 1 aliphatic rings. The van der Waals surface area contributed by atoms with Gasteiger partial charge in [-0.25, -0.2) is 0 Å². The second kappa shape index (κ2) is 9.75. The van der Waals surface area contributed by atoms with E-state index in [1.807, 2.05) is 0 Å². The van der Waals surface area contributed by atoms with Gasteiger partial charge in [0, 0.05) is 19.6 Å². The molecule has 0 radical (unpaired) electrons. The van der Waals surface area contributed by atoms with Crippen molar-refractivity contribution in [2.45, 2.75) is 31.7 Å². The van der Waals surface area contributed by atoms with Gasteiger partial charge in [0.15, 0.2) is 0 Å². The molecule has 2 aromatic carbocycles. The molecule has 0 bridgehead atoms. The summed E-state index contributed by atoms with van der Waals surface area (Å²) in [7, 11) is 4.20. The van der Waals surface area contributed by atoms with Crippen molar-refractivity contribution in [2.24, 2.45) is 0 Å². The van der Waals surface area contributed by atoms with Gasteiger partial charge in [0.05, 0.1) is 6.61 Å². The van der Waals surface area contributed by atoms with Gasteiger partial charge in [-0.1, -0.05) is 42.5 Å². The third-order valence-electron chi connectivity index (χ3n) is 5.10. The maximum absolute atomic E-state index is 5.93. The number of rotatable bonds is 8. The molecule has 1 fully saturated rings. The predicted molar refractivity (Wildman–Crippen MR) is 109 cm³/mol. The first-order valence-electron chi connectivity index (χ1n) is 9.84. The van der Waals surface area contributed by atoms with Crippen molar-refractivity contribution >= 4 is 0 Å². The normalized spacial score (nSPS) is 18.2. The molecule has 0 aliphatic carbocycles. The highest BCUT2D eigenvalue weighted by Gasteiger charge is 2.21. The Labute approximate surface area is 158 Å². The smallest absolute Gasteiger partial charge is 0.119 e. The first kappa shape index (κ1) is 18.9. The van der Waals surface area contributed by atoms with Crippen LogP contribution in [0.25, 0.3) is 0 Å². The van der Waals surface area contributed by atoms with Crippen molar-refractivity contribution in [1.82, 2.24) is 9.80 Å². The van der Waals surface area contributed by atoms with Crippen LogP contribution in [0.15, 0.2) is 54.6 Å². The van der Waals surface area contributed by atoms with Gasteiger partial charge in [-0.05, 0) is 69.1 Å². The predicted octanol–water partition coefficient (Wildman–Crippen LogP) is 4.40. The van der Waals surface area contributed by atoms with Gasteiger partial charge in [-0.15, -0.1) is 0 Å². The van der Waals surface area contributed by atoms with Crippen molar-refractivity contribution in [3.8, 4) is 5.75 Å². The summed E-state index contributed by atoms with van der Waals surface area (Å²) in [5.74, 6) is 1.66. The number of ether oxygens (including phenoxy) is 1. The Morgan fingerprint density at radius 3 is 2.73 bits per heavy atom. The van der Waals surface area contributed by atoms with Gasteiger partial charge in [-0.2, -0.15) is 0 Å². The molecule has 3 heteroatoms. The molecule has 2 aromatic rings. The summed E-state index contributed by atoms with van der Waals surface area (Å²) in [6, 6.07) is 19.6. The zero-order valence-corrected chi connectivity index (χ0v) is 16.2. The Kier molecular flexibility index (Phi) is 7.10. The van der Waals surface area contributed by atoms with Crippen LogP contribution in [0.3, 0.4) is 0 Å².